The fourth-order valence-electron chi connectivity index (χ4n) is 3.72. The van der Waals surface area contributed by atoms with E-state index < -0.39 is 20.5 Å². The van der Waals surface area contributed by atoms with Crippen LogP contribution in [-0.4, -0.2) is 33.9 Å². The molecule has 1 aliphatic carbocycles. The second-order valence-corrected chi connectivity index (χ2v) is 8.61. The summed E-state index contributed by atoms with van der Waals surface area (Å²) in [6, 6.07) is 16.6. The average molecular weight is 345 g/mol. The minimum Gasteiger partial charge on any atom is -0.384 e. The highest BCUT2D eigenvalue weighted by atomic mass is 32.2. The molecule has 0 unspecified atom stereocenters. The van der Waals surface area contributed by atoms with E-state index in [1.807, 2.05) is 37.3 Å². The fourth-order valence-corrected chi connectivity index (χ4v) is 6.19. The Kier molecular flexibility index (Phi) is 4.51. The lowest BCUT2D eigenvalue weighted by Crippen LogP contribution is -2.28. The highest BCUT2D eigenvalue weighted by molar-refractivity contribution is 7.92. The monoisotopic (exact) mass is 345 g/mol. The van der Waals surface area contributed by atoms with E-state index in [1.54, 1.807) is 31.4 Å². The van der Waals surface area contributed by atoms with Gasteiger partial charge in [0.15, 0.2) is 9.84 Å². The summed E-state index contributed by atoms with van der Waals surface area (Å²) in [5, 5.41) is -0.556. The number of sulfone groups is 1. The van der Waals surface area contributed by atoms with Crippen LogP contribution in [0.15, 0.2) is 59.5 Å². The molecule has 0 bridgehead atoms. The molecule has 1 aliphatic rings. The van der Waals surface area contributed by atoms with E-state index >= 15 is 0 Å². The van der Waals surface area contributed by atoms with Gasteiger partial charge in [-0.25, -0.2) is 8.42 Å². The molecule has 2 N–H and O–H groups in total. The standard InChI is InChI=1S/C19H23NO3S/c1-14-8-10-15(11-9-14)17-18(19(17,12-20)13-23-2)24(21,22)16-6-4-3-5-7-16/h3-11,17-18H,12-13,20H2,1-2H3/t17-,18+,19-/m1/s1. The van der Waals surface area contributed by atoms with E-state index in [9.17, 15) is 8.42 Å². The molecule has 0 aromatic heterocycles. The first-order chi connectivity index (χ1) is 11.5. The molecule has 24 heavy (non-hydrogen) atoms. The van der Waals surface area contributed by atoms with Crippen LogP contribution < -0.4 is 5.73 Å². The van der Waals surface area contributed by atoms with Gasteiger partial charge in [0.2, 0.25) is 0 Å². The van der Waals surface area contributed by atoms with Gasteiger partial charge in [-0.2, -0.15) is 0 Å². The number of benzene rings is 2. The first kappa shape index (κ1) is 17.1. The van der Waals surface area contributed by atoms with Crippen molar-refractivity contribution in [2.75, 3.05) is 20.3 Å². The molecule has 1 saturated carbocycles. The number of hydrogen-bond donors (Lipinski definition) is 1. The highest BCUT2D eigenvalue weighted by Crippen LogP contribution is 2.63. The van der Waals surface area contributed by atoms with Crippen LogP contribution in [0, 0.1) is 12.3 Å². The van der Waals surface area contributed by atoms with Gasteiger partial charge in [0.1, 0.15) is 0 Å². The van der Waals surface area contributed by atoms with Gasteiger partial charge in [0.25, 0.3) is 0 Å². The van der Waals surface area contributed by atoms with Crippen molar-refractivity contribution in [1.29, 1.82) is 0 Å². The topological polar surface area (TPSA) is 69.4 Å². The number of nitrogens with two attached hydrogens (primary N) is 1. The van der Waals surface area contributed by atoms with Crippen LogP contribution in [0.1, 0.15) is 17.0 Å². The van der Waals surface area contributed by atoms with Gasteiger partial charge in [0.05, 0.1) is 16.8 Å². The van der Waals surface area contributed by atoms with Gasteiger partial charge in [-0.05, 0) is 24.6 Å². The lowest BCUT2D eigenvalue weighted by Gasteiger charge is -2.15. The summed E-state index contributed by atoms with van der Waals surface area (Å²) >= 11 is 0. The summed E-state index contributed by atoms with van der Waals surface area (Å²) in [7, 11) is -1.88. The van der Waals surface area contributed by atoms with Crippen LogP contribution in [-0.2, 0) is 14.6 Å². The van der Waals surface area contributed by atoms with Gasteiger partial charge in [-0.3, -0.25) is 0 Å². The lowest BCUT2D eigenvalue weighted by molar-refractivity contribution is 0.142. The Labute approximate surface area is 143 Å². The van der Waals surface area contributed by atoms with Crippen molar-refractivity contribution in [2.24, 2.45) is 11.1 Å². The first-order valence-corrected chi connectivity index (χ1v) is 9.56. The Balaban J connectivity index is 2.05. The van der Waals surface area contributed by atoms with Crippen molar-refractivity contribution in [3.05, 3.63) is 65.7 Å². The zero-order valence-corrected chi connectivity index (χ0v) is 14.8. The number of rotatable bonds is 6. The second kappa shape index (κ2) is 6.31. The summed E-state index contributed by atoms with van der Waals surface area (Å²) in [4.78, 5) is 0.346. The maximum Gasteiger partial charge on any atom is 0.182 e. The van der Waals surface area contributed by atoms with E-state index in [2.05, 4.69) is 0 Å². The minimum absolute atomic E-state index is 0.145. The van der Waals surface area contributed by atoms with E-state index in [1.165, 1.54) is 0 Å². The van der Waals surface area contributed by atoms with E-state index in [4.69, 9.17) is 10.5 Å². The molecule has 2 aromatic rings. The molecule has 128 valence electrons. The van der Waals surface area contributed by atoms with Gasteiger partial charge in [0, 0.05) is 25.0 Å². The quantitative estimate of drug-likeness (QED) is 0.873. The summed E-state index contributed by atoms with van der Waals surface area (Å²) in [6.07, 6.45) is 0. The summed E-state index contributed by atoms with van der Waals surface area (Å²) in [5.41, 5.74) is 7.61. The Morgan fingerprint density at radius 3 is 2.25 bits per heavy atom. The smallest absolute Gasteiger partial charge is 0.182 e. The molecule has 5 heteroatoms. The largest absolute Gasteiger partial charge is 0.384 e. The molecule has 0 aliphatic heterocycles. The molecule has 3 atom stereocenters. The van der Waals surface area contributed by atoms with Crippen molar-refractivity contribution in [3.8, 4) is 0 Å². The molecule has 2 aromatic carbocycles. The van der Waals surface area contributed by atoms with Crippen LogP contribution in [0.4, 0.5) is 0 Å². The van der Waals surface area contributed by atoms with Crippen molar-refractivity contribution in [2.45, 2.75) is 23.0 Å². The van der Waals surface area contributed by atoms with Gasteiger partial charge < -0.3 is 10.5 Å². The molecular formula is C19H23NO3S. The predicted molar refractivity (Wildman–Crippen MR) is 94.7 cm³/mol. The third-order valence-electron chi connectivity index (χ3n) is 5.02. The van der Waals surface area contributed by atoms with Crippen molar-refractivity contribution in [3.63, 3.8) is 0 Å². The Bertz CT molecular complexity index is 802. The molecule has 4 nitrogen and oxygen atoms in total. The Morgan fingerprint density at radius 2 is 1.71 bits per heavy atom. The number of hydrogen-bond acceptors (Lipinski definition) is 4. The summed E-state index contributed by atoms with van der Waals surface area (Å²) in [6.45, 7) is 2.62. The van der Waals surface area contributed by atoms with Crippen LogP contribution >= 0.6 is 0 Å². The molecule has 0 heterocycles. The third-order valence-corrected chi connectivity index (χ3v) is 7.35. The Hall–Kier alpha value is -1.69. The third kappa shape index (κ3) is 2.66. The first-order valence-electron chi connectivity index (χ1n) is 8.02. The van der Waals surface area contributed by atoms with Crippen molar-refractivity contribution >= 4 is 9.84 Å². The normalized spacial score (nSPS) is 26.3. The van der Waals surface area contributed by atoms with Gasteiger partial charge >= 0.3 is 0 Å². The van der Waals surface area contributed by atoms with Gasteiger partial charge in [-0.15, -0.1) is 0 Å². The summed E-state index contributed by atoms with van der Waals surface area (Å²) in [5.74, 6) is -0.145. The second-order valence-electron chi connectivity index (χ2n) is 6.54. The maximum absolute atomic E-state index is 13.2. The summed E-state index contributed by atoms with van der Waals surface area (Å²) < 4.78 is 31.7. The van der Waals surface area contributed by atoms with Gasteiger partial charge in [-0.1, -0.05) is 48.0 Å². The molecular weight excluding hydrogens is 322 g/mol. The molecule has 0 spiro atoms. The number of methoxy groups -OCH3 is 1. The molecule has 0 radical (unpaired) electrons. The molecule has 1 fully saturated rings. The Morgan fingerprint density at radius 1 is 1.08 bits per heavy atom. The van der Waals surface area contributed by atoms with E-state index in [0.717, 1.165) is 11.1 Å². The number of aryl methyl sites for hydroxylation is 1. The van der Waals surface area contributed by atoms with E-state index in [-0.39, 0.29) is 12.5 Å². The van der Waals surface area contributed by atoms with E-state index in [0.29, 0.717) is 11.5 Å². The van der Waals surface area contributed by atoms with Crippen LogP contribution in [0.3, 0.4) is 0 Å². The molecule has 0 saturated heterocycles. The molecule has 3 rings (SSSR count). The fraction of sp³-hybridized carbons (Fsp3) is 0.368. The maximum atomic E-state index is 13.2. The average Bonchev–Trinajstić information content (AvgIpc) is 3.26. The SMILES string of the molecule is COC[C@]1(CN)[C@H](c2ccc(C)cc2)[C@@H]1S(=O)(=O)c1ccccc1. The van der Waals surface area contributed by atoms with Crippen molar-refractivity contribution in [1.82, 2.24) is 0 Å². The number of ether oxygens (including phenoxy) is 1. The van der Waals surface area contributed by atoms with Crippen LogP contribution in [0.5, 0.6) is 0 Å². The van der Waals surface area contributed by atoms with Crippen molar-refractivity contribution < 1.29 is 13.2 Å². The highest BCUT2D eigenvalue weighted by Gasteiger charge is 2.70. The predicted octanol–water partition coefficient (Wildman–Crippen LogP) is 2.53. The zero-order chi connectivity index (χ0) is 17.4. The minimum atomic E-state index is -3.48. The molecule has 0 amide bonds. The lowest BCUT2D eigenvalue weighted by atomic mass is 9.99. The van der Waals surface area contributed by atoms with Crippen LogP contribution in [0.2, 0.25) is 0 Å². The zero-order valence-electron chi connectivity index (χ0n) is 14.0. The van der Waals surface area contributed by atoms with Crippen LogP contribution in [0.25, 0.3) is 0 Å².